The van der Waals surface area contributed by atoms with Crippen molar-refractivity contribution in [3.63, 3.8) is 0 Å². The third kappa shape index (κ3) is 2.46. The van der Waals surface area contributed by atoms with E-state index in [0.29, 0.717) is 5.02 Å². The van der Waals surface area contributed by atoms with Crippen LogP contribution in [0.3, 0.4) is 0 Å². The minimum atomic E-state index is -0.859. The maximum atomic E-state index is 12.5. The predicted octanol–water partition coefficient (Wildman–Crippen LogP) is 3.27. The van der Waals surface area contributed by atoms with Gasteiger partial charge in [0.15, 0.2) is 6.10 Å². The Morgan fingerprint density at radius 1 is 1.29 bits per heavy atom. The van der Waals surface area contributed by atoms with Gasteiger partial charge in [0.05, 0.1) is 12.6 Å². The zero-order valence-electron chi connectivity index (χ0n) is 13.4. The van der Waals surface area contributed by atoms with Crippen LogP contribution < -0.4 is 5.73 Å². The lowest BCUT2D eigenvalue weighted by molar-refractivity contribution is -0.124. The fourth-order valence-electron chi connectivity index (χ4n) is 4.97. The zero-order valence-corrected chi connectivity index (χ0v) is 14.2. The molecule has 1 aliphatic heterocycles. The molecule has 24 heavy (non-hydrogen) atoms. The molecule has 3 fully saturated rings. The summed E-state index contributed by atoms with van der Waals surface area (Å²) in [5.74, 6) is 0.166. The zero-order chi connectivity index (χ0) is 16.9. The minimum absolute atomic E-state index is 0.0735. The van der Waals surface area contributed by atoms with Crippen molar-refractivity contribution in [3.05, 3.63) is 34.9 Å². The molecule has 1 saturated heterocycles. The molecule has 2 bridgehead atoms. The van der Waals surface area contributed by atoms with Crippen molar-refractivity contribution in [2.45, 2.75) is 44.2 Å². The number of halogens is 1. The van der Waals surface area contributed by atoms with Gasteiger partial charge in [-0.3, -0.25) is 9.69 Å². The number of nitrogens with two attached hydrogens (primary N) is 1. The van der Waals surface area contributed by atoms with Crippen LogP contribution in [0.1, 0.15) is 43.7 Å². The second kappa shape index (κ2) is 5.66. The molecule has 2 amide bonds. The minimum Gasteiger partial charge on any atom is -0.434 e. The van der Waals surface area contributed by atoms with Gasteiger partial charge in [0.25, 0.3) is 5.91 Å². The molecular formula is C18H21ClN2O3. The largest absolute Gasteiger partial charge is 0.434 e. The Balaban J connectivity index is 1.72. The Labute approximate surface area is 146 Å². The van der Waals surface area contributed by atoms with Crippen molar-refractivity contribution in [2.75, 3.05) is 6.54 Å². The second-order valence-corrected chi connectivity index (χ2v) is 7.83. The summed E-state index contributed by atoms with van der Waals surface area (Å²) in [7, 11) is 0. The van der Waals surface area contributed by atoms with Crippen molar-refractivity contribution in [2.24, 2.45) is 17.1 Å². The Hall–Kier alpha value is -1.75. The quantitative estimate of drug-likeness (QED) is 0.907. The second-order valence-electron chi connectivity index (χ2n) is 7.39. The molecule has 6 heteroatoms. The van der Waals surface area contributed by atoms with Gasteiger partial charge in [-0.15, -0.1) is 0 Å². The maximum absolute atomic E-state index is 12.5. The van der Waals surface area contributed by atoms with Crippen molar-refractivity contribution in [1.29, 1.82) is 0 Å². The van der Waals surface area contributed by atoms with E-state index in [4.69, 9.17) is 22.1 Å². The van der Waals surface area contributed by atoms with Crippen LogP contribution in [0, 0.1) is 11.3 Å². The molecule has 128 valence electrons. The van der Waals surface area contributed by atoms with Crippen LogP contribution in [-0.2, 0) is 9.53 Å². The average molecular weight is 349 g/mol. The highest BCUT2D eigenvalue weighted by molar-refractivity contribution is 6.30. The molecule has 2 N–H and O–H groups in total. The SMILES string of the molecule is NC(=O)C1CN([C@@H](c2ccc(Cl)cc2)C23CCC(CC2)C3)C(=O)O1. The number of ether oxygens (including phenoxy) is 1. The van der Waals surface area contributed by atoms with Gasteiger partial charge in [0, 0.05) is 5.02 Å². The summed E-state index contributed by atoms with van der Waals surface area (Å²) in [6.07, 6.45) is 4.47. The summed E-state index contributed by atoms with van der Waals surface area (Å²) in [6, 6.07) is 7.60. The summed E-state index contributed by atoms with van der Waals surface area (Å²) in [4.78, 5) is 25.7. The van der Waals surface area contributed by atoms with Gasteiger partial charge < -0.3 is 10.5 Å². The highest BCUT2D eigenvalue weighted by Gasteiger charge is 2.55. The van der Waals surface area contributed by atoms with E-state index in [-0.39, 0.29) is 18.0 Å². The van der Waals surface area contributed by atoms with Gasteiger partial charge in [0.2, 0.25) is 0 Å². The van der Waals surface area contributed by atoms with E-state index in [0.717, 1.165) is 30.7 Å². The third-order valence-corrected chi connectivity index (χ3v) is 6.28. The van der Waals surface area contributed by atoms with Crippen LogP contribution in [0.4, 0.5) is 4.79 Å². The van der Waals surface area contributed by atoms with Crippen LogP contribution >= 0.6 is 11.6 Å². The summed E-state index contributed by atoms with van der Waals surface area (Å²) >= 11 is 6.04. The fourth-order valence-corrected chi connectivity index (χ4v) is 5.09. The van der Waals surface area contributed by atoms with Crippen LogP contribution in [0.15, 0.2) is 24.3 Å². The van der Waals surface area contributed by atoms with E-state index in [2.05, 4.69) is 0 Å². The number of primary amides is 1. The molecule has 2 saturated carbocycles. The molecule has 4 rings (SSSR count). The number of cyclic esters (lactones) is 1. The number of fused-ring (bicyclic) bond motifs is 2. The van der Waals surface area contributed by atoms with Gasteiger partial charge >= 0.3 is 6.09 Å². The standard InChI is InChI=1S/C18H21ClN2O3/c19-13-3-1-12(2-4-13)15(18-7-5-11(9-18)6-8-18)21-10-14(16(20)22)24-17(21)23/h1-4,11,14-15H,5-10H2,(H2,20,22)/t11?,14?,15-,18?/m0/s1. The molecular weight excluding hydrogens is 328 g/mol. The van der Waals surface area contributed by atoms with Gasteiger partial charge in [-0.1, -0.05) is 23.7 Å². The first-order chi connectivity index (χ1) is 11.5. The number of rotatable bonds is 4. The average Bonchev–Trinajstić information content (AvgIpc) is 3.25. The molecule has 2 aliphatic carbocycles. The normalized spacial score (nSPS) is 32.9. The lowest BCUT2D eigenvalue weighted by Gasteiger charge is -2.41. The van der Waals surface area contributed by atoms with E-state index >= 15 is 0 Å². The first-order valence-corrected chi connectivity index (χ1v) is 8.88. The topological polar surface area (TPSA) is 72.6 Å². The lowest BCUT2D eigenvalue weighted by atomic mass is 9.73. The smallest absolute Gasteiger partial charge is 0.411 e. The van der Waals surface area contributed by atoms with Crippen molar-refractivity contribution in [3.8, 4) is 0 Å². The van der Waals surface area contributed by atoms with Crippen molar-refractivity contribution >= 4 is 23.6 Å². The Kier molecular flexibility index (Phi) is 3.71. The maximum Gasteiger partial charge on any atom is 0.411 e. The Bertz CT molecular complexity index is 667. The molecule has 1 unspecified atom stereocenters. The molecule has 0 aromatic heterocycles. The third-order valence-electron chi connectivity index (χ3n) is 6.03. The Morgan fingerprint density at radius 2 is 1.96 bits per heavy atom. The van der Waals surface area contributed by atoms with Gasteiger partial charge in [-0.05, 0) is 61.1 Å². The molecule has 0 spiro atoms. The van der Waals surface area contributed by atoms with E-state index in [1.54, 1.807) is 4.90 Å². The Morgan fingerprint density at radius 3 is 2.46 bits per heavy atom. The predicted molar refractivity (Wildman–Crippen MR) is 89.4 cm³/mol. The molecule has 1 heterocycles. The van der Waals surface area contributed by atoms with Crippen LogP contribution in [-0.4, -0.2) is 29.5 Å². The number of carbonyl (C=O) groups is 2. The van der Waals surface area contributed by atoms with E-state index < -0.39 is 18.1 Å². The summed E-state index contributed by atoms with van der Waals surface area (Å²) in [6.45, 7) is 0.230. The van der Waals surface area contributed by atoms with Crippen LogP contribution in [0.25, 0.3) is 0 Å². The lowest BCUT2D eigenvalue weighted by Crippen LogP contribution is -2.41. The van der Waals surface area contributed by atoms with Gasteiger partial charge in [-0.25, -0.2) is 4.79 Å². The van der Waals surface area contributed by atoms with Crippen molar-refractivity contribution < 1.29 is 14.3 Å². The number of benzene rings is 1. The van der Waals surface area contributed by atoms with Gasteiger partial charge in [0.1, 0.15) is 0 Å². The number of hydrogen-bond acceptors (Lipinski definition) is 3. The molecule has 5 nitrogen and oxygen atoms in total. The summed E-state index contributed by atoms with van der Waals surface area (Å²) in [5, 5.41) is 0.671. The first kappa shape index (κ1) is 15.8. The number of amides is 2. The molecule has 1 aromatic carbocycles. The molecule has 1 aromatic rings. The summed E-state index contributed by atoms with van der Waals surface area (Å²) in [5.41, 5.74) is 6.48. The van der Waals surface area contributed by atoms with Crippen LogP contribution in [0.5, 0.6) is 0 Å². The number of hydrogen-bond donors (Lipinski definition) is 1. The summed E-state index contributed by atoms with van der Waals surface area (Å²) < 4.78 is 5.21. The highest BCUT2D eigenvalue weighted by Crippen LogP contribution is 2.61. The van der Waals surface area contributed by atoms with Gasteiger partial charge in [-0.2, -0.15) is 0 Å². The molecule has 3 aliphatic rings. The number of carbonyl (C=O) groups excluding carboxylic acids is 2. The van der Waals surface area contributed by atoms with E-state index in [1.807, 2.05) is 24.3 Å². The molecule has 2 atom stereocenters. The fraction of sp³-hybridized carbons (Fsp3) is 0.556. The first-order valence-electron chi connectivity index (χ1n) is 8.50. The van der Waals surface area contributed by atoms with Crippen molar-refractivity contribution in [1.82, 2.24) is 4.90 Å². The van der Waals surface area contributed by atoms with E-state index in [1.165, 1.54) is 12.8 Å². The highest BCUT2D eigenvalue weighted by atomic mass is 35.5. The van der Waals surface area contributed by atoms with E-state index in [9.17, 15) is 9.59 Å². The molecule has 0 radical (unpaired) electrons. The van der Waals surface area contributed by atoms with Crippen LogP contribution in [0.2, 0.25) is 5.02 Å². The monoisotopic (exact) mass is 348 g/mol. The number of nitrogens with zero attached hydrogens (tertiary/aromatic N) is 1.